The molecule has 1 unspecified atom stereocenters. The second kappa shape index (κ2) is 10.5. The minimum Gasteiger partial charge on any atom is -0.355 e. The van der Waals surface area contributed by atoms with Crippen molar-refractivity contribution in [1.82, 2.24) is 5.32 Å². The van der Waals surface area contributed by atoms with E-state index in [-0.39, 0.29) is 22.8 Å². The van der Waals surface area contributed by atoms with Crippen LogP contribution in [0.1, 0.15) is 25.8 Å². The predicted molar refractivity (Wildman–Crippen MR) is 112 cm³/mol. The molecule has 0 spiro atoms. The molecule has 0 bridgehead atoms. The molecule has 0 saturated carbocycles. The zero-order valence-corrected chi connectivity index (χ0v) is 17.4. The Morgan fingerprint density at radius 1 is 1.00 bits per heavy atom. The summed E-state index contributed by atoms with van der Waals surface area (Å²) >= 11 is 1.62. The number of hydrogen-bond donors (Lipinski definition) is 1. The minimum absolute atomic E-state index is 0.0250. The molecular weight excluding hydrogens is 378 g/mol. The van der Waals surface area contributed by atoms with Gasteiger partial charge in [-0.15, -0.1) is 11.8 Å². The third kappa shape index (κ3) is 7.03. The van der Waals surface area contributed by atoms with Crippen molar-refractivity contribution in [3.8, 4) is 0 Å². The highest BCUT2D eigenvalue weighted by atomic mass is 32.2. The Bertz CT molecular complexity index is 806. The molecule has 1 N–H and O–H groups in total. The highest BCUT2D eigenvalue weighted by molar-refractivity contribution is 7.99. The van der Waals surface area contributed by atoms with Gasteiger partial charge >= 0.3 is 0 Å². The van der Waals surface area contributed by atoms with Crippen LogP contribution in [0.15, 0.2) is 65.6 Å². The van der Waals surface area contributed by atoms with Gasteiger partial charge < -0.3 is 5.32 Å². The monoisotopic (exact) mass is 405 g/mol. The van der Waals surface area contributed by atoms with Crippen molar-refractivity contribution in [2.45, 2.75) is 36.2 Å². The van der Waals surface area contributed by atoms with Crippen LogP contribution in [0.4, 0.5) is 0 Å². The van der Waals surface area contributed by atoms with Gasteiger partial charge in [0.05, 0.1) is 15.9 Å². The summed E-state index contributed by atoms with van der Waals surface area (Å²) < 4.78 is 24.5. The Labute approximate surface area is 166 Å². The number of hydrogen-bond acceptors (Lipinski definition) is 4. The smallest absolute Gasteiger partial charge is 0.233 e. The van der Waals surface area contributed by atoms with Gasteiger partial charge in [-0.05, 0) is 30.0 Å². The van der Waals surface area contributed by atoms with E-state index in [2.05, 4.69) is 17.4 Å². The molecule has 0 radical (unpaired) electrons. The molecule has 0 aliphatic carbocycles. The van der Waals surface area contributed by atoms with Crippen LogP contribution in [-0.4, -0.2) is 31.9 Å². The maximum absolute atomic E-state index is 12.5. The van der Waals surface area contributed by atoms with E-state index in [4.69, 9.17) is 0 Å². The van der Waals surface area contributed by atoms with E-state index in [1.54, 1.807) is 42.1 Å². The lowest BCUT2D eigenvalue weighted by Crippen LogP contribution is -2.36. The molecule has 0 aromatic heterocycles. The molecule has 2 aromatic carbocycles. The first-order chi connectivity index (χ1) is 12.9. The quantitative estimate of drug-likeness (QED) is 0.609. The van der Waals surface area contributed by atoms with Crippen molar-refractivity contribution in [3.05, 3.63) is 66.2 Å². The highest BCUT2D eigenvalue weighted by Gasteiger charge is 2.22. The third-order valence-electron chi connectivity index (χ3n) is 4.13. The fourth-order valence-corrected chi connectivity index (χ4v) is 5.17. The van der Waals surface area contributed by atoms with Gasteiger partial charge in [-0.1, -0.05) is 62.4 Å². The molecule has 0 fully saturated rings. The van der Waals surface area contributed by atoms with Gasteiger partial charge in [-0.25, -0.2) is 8.42 Å². The van der Waals surface area contributed by atoms with Gasteiger partial charge in [0.15, 0.2) is 9.84 Å². The van der Waals surface area contributed by atoms with Crippen molar-refractivity contribution < 1.29 is 13.2 Å². The first-order valence-corrected chi connectivity index (χ1v) is 11.8. The molecule has 4 nitrogen and oxygen atoms in total. The summed E-state index contributed by atoms with van der Waals surface area (Å²) in [5.74, 6) is 0.982. The van der Waals surface area contributed by atoms with Gasteiger partial charge in [-0.2, -0.15) is 0 Å². The van der Waals surface area contributed by atoms with Gasteiger partial charge in [-0.3, -0.25) is 4.79 Å². The van der Waals surface area contributed by atoms with Crippen molar-refractivity contribution >= 4 is 27.5 Å². The van der Waals surface area contributed by atoms with Crippen LogP contribution in [0.5, 0.6) is 0 Å². The van der Waals surface area contributed by atoms with Crippen molar-refractivity contribution in [2.75, 3.05) is 12.3 Å². The molecule has 2 aromatic rings. The normalized spacial score (nSPS) is 12.7. The van der Waals surface area contributed by atoms with E-state index in [9.17, 15) is 13.2 Å². The lowest BCUT2D eigenvalue weighted by atomic mass is 10.1. The third-order valence-corrected chi connectivity index (χ3v) is 7.56. The Balaban J connectivity index is 1.80. The van der Waals surface area contributed by atoms with Crippen LogP contribution < -0.4 is 5.32 Å². The van der Waals surface area contributed by atoms with Crippen LogP contribution in [0.3, 0.4) is 0 Å². The second-order valence-electron chi connectivity index (χ2n) is 6.74. The van der Waals surface area contributed by atoms with Crippen LogP contribution in [0.2, 0.25) is 0 Å². The zero-order valence-electron chi connectivity index (χ0n) is 15.8. The lowest BCUT2D eigenvalue weighted by molar-refractivity contribution is -0.121. The van der Waals surface area contributed by atoms with Crippen molar-refractivity contribution in [1.29, 1.82) is 0 Å². The topological polar surface area (TPSA) is 63.2 Å². The van der Waals surface area contributed by atoms with E-state index in [0.29, 0.717) is 17.9 Å². The number of carbonyl (C=O) groups is 1. The molecule has 1 atom stereocenters. The number of sulfone groups is 1. The first-order valence-electron chi connectivity index (χ1n) is 9.11. The summed E-state index contributed by atoms with van der Waals surface area (Å²) in [6.45, 7) is 4.42. The molecular formula is C21H27NO3S2. The standard InChI is InChI=1S/C21H27NO3S2/c1-17(2)20(26-16-18-10-5-3-6-11-18)21(23)22-14-9-15-27(24,25)19-12-7-4-8-13-19/h3-8,10-13,17,20H,9,14-16H2,1-2H3,(H,22,23). The van der Waals surface area contributed by atoms with Crippen LogP contribution >= 0.6 is 11.8 Å². The summed E-state index contributed by atoms with van der Waals surface area (Å²) in [7, 11) is -3.30. The maximum Gasteiger partial charge on any atom is 0.233 e. The van der Waals surface area contributed by atoms with E-state index < -0.39 is 9.84 Å². The van der Waals surface area contributed by atoms with Gasteiger partial charge in [0.25, 0.3) is 0 Å². The van der Waals surface area contributed by atoms with E-state index in [1.165, 1.54) is 5.56 Å². The SMILES string of the molecule is CC(C)C(SCc1ccccc1)C(=O)NCCCS(=O)(=O)c1ccccc1. The summed E-state index contributed by atoms with van der Waals surface area (Å²) in [4.78, 5) is 12.8. The van der Waals surface area contributed by atoms with Gasteiger partial charge in [0.1, 0.15) is 0 Å². The number of amides is 1. The number of rotatable bonds is 10. The predicted octanol–water partition coefficient (Wildman–Crippen LogP) is 3.92. The molecule has 0 aliphatic heterocycles. The Hall–Kier alpha value is -1.79. The van der Waals surface area contributed by atoms with E-state index in [1.807, 2.05) is 32.0 Å². The summed E-state index contributed by atoms with van der Waals surface area (Å²) in [6, 6.07) is 18.5. The van der Waals surface area contributed by atoms with E-state index >= 15 is 0 Å². The van der Waals surface area contributed by atoms with Crippen molar-refractivity contribution in [3.63, 3.8) is 0 Å². The Morgan fingerprint density at radius 2 is 1.59 bits per heavy atom. The molecule has 0 saturated heterocycles. The molecule has 1 amide bonds. The average Bonchev–Trinajstić information content (AvgIpc) is 2.67. The molecule has 2 rings (SSSR count). The molecule has 146 valence electrons. The van der Waals surface area contributed by atoms with Gasteiger partial charge in [0.2, 0.25) is 5.91 Å². The molecule has 6 heteroatoms. The number of thioether (sulfide) groups is 1. The summed E-state index contributed by atoms with van der Waals surface area (Å²) in [5.41, 5.74) is 1.19. The molecule has 27 heavy (non-hydrogen) atoms. The Kier molecular flexibility index (Phi) is 8.38. The van der Waals surface area contributed by atoms with Crippen molar-refractivity contribution in [2.24, 2.45) is 5.92 Å². The summed E-state index contributed by atoms with van der Waals surface area (Å²) in [6.07, 6.45) is 0.400. The zero-order chi connectivity index (χ0) is 19.7. The average molecular weight is 406 g/mol. The molecule has 0 aliphatic rings. The summed E-state index contributed by atoms with van der Waals surface area (Å²) in [5, 5.41) is 2.74. The van der Waals surface area contributed by atoms with Crippen LogP contribution in [0.25, 0.3) is 0 Å². The number of nitrogens with one attached hydrogen (secondary N) is 1. The lowest BCUT2D eigenvalue weighted by Gasteiger charge is -2.20. The van der Waals surface area contributed by atoms with Crippen LogP contribution in [0, 0.1) is 5.92 Å². The Morgan fingerprint density at radius 3 is 2.19 bits per heavy atom. The molecule has 0 heterocycles. The largest absolute Gasteiger partial charge is 0.355 e. The first kappa shape index (κ1) is 21.5. The maximum atomic E-state index is 12.5. The fraction of sp³-hybridized carbons (Fsp3) is 0.381. The van der Waals surface area contributed by atoms with Crippen LogP contribution in [-0.2, 0) is 20.4 Å². The number of carbonyl (C=O) groups excluding carboxylic acids is 1. The van der Waals surface area contributed by atoms with Gasteiger partial charge in [0, 0.05) is 12.3 Å². The fourth-order valence-electron chi connectivity index (χ4n) is 2.65. The highest BCUT2D eigenvalue weighted by Crippen LogP contribution is 2.24. The minimum atomic E-state index is -3.30. The number of benzene rings is 2. The second-order valence-corrected chi connectivity index (χ2v) is 9.98. The van der Waals surface area contributed by atoms with E-state index in [0.717, 1.165) is 5.75 Å².